The molecule has 0 aliphatic heterocycles. The topological polar surface area (TPSA) is 56.1 Å². The number of nitrogens with one attached hydrogen (secondary N) is 1. The van der Waals surface area contributed by atoms with Crippen molar-refractivity contribution in [1.29, 1.82) is 0 Å². The fraction of sp³-hybridized carbons (Fsp3) is 0.444. The number of ether oxygens (including phenoxy) is 1. The Hall–Kier alpha value is -2.01. The fourth-order valence-corrected chi connectivity index (χ4v) is 2.77. The zero-order valence-electron chi connectivity index (χ0n) is 14.6. The lowest BCUT2D eigenvalue weighted by Gasteiger charge is -2.09. The average Bonchev–Trinajstić information content (AvgIpc) is 2.80. The van der Waals surface area contributed by atoms with Gasteiger partial charge in [-0.25, -0.2) is 0 Å². The van der Waals surface area contributed by atoms with Crippen LogP contribution in [0.3, 0.4) is 0 Å². The van der Waals surface area contributed by atoms with Crippen molar-refractivity contribution in [2.24, 2.45) is 0 Å². The Morgan fingerprint density at radius 3 is 2.67 bits per heavy atom. The summed E-state index contributed by atoms with van der Waals surface area (Å²) in [6, 6.07) is 6.07. The van der Waals surface area contributed by atoms with Gasteiger partial charge in [0, 0.05) is 13.0 Å². The summed E-state index contributed by atoms with van der Waals surface area (Å²) < 4.78 is 7.03. The van der Waals surface area contributed by atoms with E-state index in [0.717, 1.165) is 29.1 Å². The molecule has 0 aliphatic carbocycles. The number of aryl methyl sites for hydroxylation is 3. The molecule has 0 aliphatic rings. The first-order valence-electron chi connectivity index (χ1n) is 8.02. The molecule has 24 heavy (non-hydrogen) atoms. The zero-order valence-corrected chi connectivity index (χ0v) is 15.4. The Morgan fingerprint density at radius 2 is 2.08 bits per heavy atom. The Morgan fingerprint density at radius 1 is 1.33 bits per heavy atom. The third-order valence-corrected chi connectivity index (χ3v) is 4.59. The van der Waals surface area contributed by atoms with Crippen LogP contribution in [0, 0.1) is 20.8 Å². The first-order chi connectivity index (χ1) is 11.4. The van der Waals surface area contributed by atoms with E-state index in [1.165, 1.54) is 5.56 Å². The minimum atomic E-state index is 0.0175. The normalized spacial score (nSPS) is 10.7. The Balaban J connectivity index is 1.77. The van der Waals surface area contributed by atoms with Crippen LogP contribution < -0.4 is 10.1 Å². The predicted octanol–water partition coefficient (Wildman–Crippen LogP) is 3.22. The number of aromatic nitrogens is 2. The minimum absolute atomic E-state index is 0.0175. The number of rotatable bonds is 7. The van der Waals surface area contributed by atoms with Gasteiger partial charge in [-0.2, -0.15) is 5.10 Å². The van der Waals surface area contributed by atoms with Gasteiger partial charge in [-0.15, -0.1) is 0 Å². The number of amides is 1. The van der Waals surface area contributed by atoms with Gasteiger partial charge in [0.2, 0.25) is 5.91 Å². The summed E-state index contributed by atoms with van der Waals surface area (Å²) in [6.45, 7) is 6.94. The van der Waals surface area contributed by atoms with Crippen LogP contribution in [0.1, 0.15) is 28.9 Å². The second kappa shape index (κ2) is 8.20. The van der Waals surface area contributed by atoms with E-state index in [4.69, 9.17) is 16.3 Å². The van der Waals surface area contributed by atoms with E-state index in [-0.39, 0.29) is 5.91 Å². The molecule has 0 bridgehead atoms. The van der Waals surface area contributed by atoms with Crippen LogP contribution in [0.5, 0.6) is 5.75 Å². The van der Waals surface area contributed by atoms with E-state index in [0.29, 0.717) is 24.5 Å². The molecule has 1 aromatic carbocycles. The molecule has 0 unspecified atom stereocenters. The quantitative estimate of drug-likeness (QED) is 0.835. The van der Waals surface area contributed by atoms with Crippen LogP contribution in [-0.2, 0) is 17.8 Å². The first-order valence-corrected chi connectivity index (χ1v) is 8.40. The minimum Gasteiger partial charge on any atom is -0.496 e. The number of carbonyl (C=O) groups is 1. The van der Waals surface area contributed by atoms with Gasteiger partial charge in [0.1, 0.15) is 5.75 Å². The summed E-state index contributed by atoms with van der Waals surface area (Å²) in [5.41, 5.74) is 3.97. The van der Waals surface area contributed by atoms with Crippen LogP contribution in [0.25, 0.3) is 0 Å². The van der Waals surface area contributed by atoms with Crippen LogP contribution in [0.4, 0.5) is 0 Å². The van der Waals surface area contributed by atoms with Crippen molar-refractivity contribution in [2.45, 2.75) is 40.2 Å². The van der Waals surface area contributed by atoms with Crippen molar-refractivity contribution in [1.82, 2.24) is 15.1 Å². The molecule has 1 heterocycles. The number of hydrogen-bond acceptors (Lipinski definition) is 3. The van der Waals surface area contributed by atoms with Crippen LogP contribution >= 0.6 is 11.6 Å². The van der Waals surface area contributed by atoms with Crippen molar-refractivity contribution < 1.29 is 9.53 Å². The van der Waals surface area contributed by atoms with Crippen molar-refractivity contribution in [3.05, 3.63) is 45.7 Å². The lowest BCUT2D eigenvalue weighted by atomic mass is 10.1. The molecular weight excluding hydrogens is 326 g/mol. The van der Waals surface area contributed by atoms with E-state index < -0.39 is 0 Å². The lowest BCUT2D eigenvalue weighted by Crippen LogP contribution is -2.26. The van der Waals surface area contributed by atoms with Gasteiger partial charge < -0.3 is 10.1 Å². The molecule has 5 nitrogen and oxygen atoms in total. The van der Waals surface area contributed by atoms with E-state index in [9.17, 15) is 4.79 Å². The molecule has 0 saturated carbocycles. The van der Waals surface area contributed by atoms with E-state index >= 15 is 0 Å². The van der Waals surface area contributed by atoms with E-state index in [1.807, 2.05) is 32.9 Å². The molecule has 1 N–H and O–H groups in total. The van der Waals surface area contributed by atoms with Gasteiger partial charge in [-0.05, 0) is 44.4 Å². The second-order valence-corrected chi connectivity index (χ2v) is 6.24. The molecule has 130 valence electrons. The fourth-order valence-electron chi connectivity index (χ4n) is 2.63. The molecule has 6 heteroatoms. The molecule has 0 atom stereocenters. The smallest absolute Gasteiger partial charge is 0.221 e. The number of nitrogens with zero attached hydrogens (tertiary/aromatic N) is 2. The summed E-state index contributed by atoms with van der Waals surface area (Å²) in [4.78, 5) is 12.0. The molecule has 0 spiro atoms. The summed E-state index contributed by atoms with van der Waals surface area (Å²) in [7, 11) is 1.66. The monoisotopic (exact) mass is 349 g/mol. The zero-order chi connectivity index (χ0) is 17.7. The second-order valence-electron chi connectivity index (χ2n) is 5.86. The molecule has 0 saturated heterocycles. The largest absolute Gasteiger partial charge is 0.496 e. The molecule has 1 aromatic heterocycles. The van der Waals surface area contributed by atoms with Gasteiger partial charge in [-0.1, -0.05) is 23.7 Å². The van der Waals surface area contributed by atoms with Crippen LogP contribution in [-0.4, -0.2) is 29.3 Å². The highest BCUT2D eigenvalue weighted by atomic mass is 35.5. The van der Waals surface area contributed by atoms with Gasteiger partial charge in [0.05, 0.1) is 30.1 Å². The van der Waals surface area contributed by atoms with Crippen molar-refractivity contribution in [2.75, 3.05) is 13.7 Å². The number of benzene rings is 1. The highest BCUT2D eigenvalue weighted by Crippen LogP contribution is 2.19. The number of methoxy groups -OCH3 is 1. The Labute approximate surface area is 148 Å². The van der Waals surface area contributed by atoms with Crippen LogP contribution in [0.2, 0.25) is 5.02 Å². The molecule has 2 aromatic rings. The SMILES string of the molecule is COc1ccc(CCNC(=O)CCn2nc(C)c(Cl)c2C)cc1C. The third-order valence-electron chi connectivity index (χ3n) is 4.04. The van der Waals surface area contributed by atoms with Gasteiger partial charge in [0.25, 0.3) is 0 Å². The molecule has 0 fully saturated rings. The van der Waals surface area contributed by atoms with Crippen molar-refractivity contribution in [3.8, 4) is 5.75 Å². The third kappa shape index (κ3) is 4.51. The summed E-state index contributed by atoms with van der Waals surface area (Å²) in [6.07, 6.45) is 1.18. The lowest BCUT2D eigenvalue weighted by molar-refractivity contribution is -0.121. The number of carbonyl (C=O) groups excluding carboxylic acids is 1. The summed E-state index contributed by atoms with van der Waals surface area (Å²) >= 11 is 6.11. The maximum atomic E-state index is 12.0. The summed E-state index contributed by atoms with van der Waals surface area (Å²) in [5.74, 6) is 0.898. The standard InChI is InChI=1S/C18H24ClN3O2/c1-12-11-15(5-6-16(12)24-4)7-9-20-17(23)8-10-22-14(3)18(19)13(2)21-22/h5-6,11H,7-10H2,1-4H3,(H,20,23). The van der Waals surface area contributed by atoms with Crippen LogP contribution in [0.15, 0.2) is 18.2 Å². The predicted molar refractivity (Wildman–Crippen MR) is 95.8 cm³/mol. The molecular formula is C18H24ClN3O2. The Kier molecular flexibility index (Phi) is 6.26. The van der Waals surface area contributed by atoms with Gasteiger partial charge in [0.15, 0.2) is 0 Å². The molecule has 2 rings (SSSR count). The molecule has 1 amide bonds. The first kappa shape index (κ1) is 18.3. The van der Waals surface area contributed by atoms with E-state index in [2.05, 4.69) is 16.5 Å². The molecule has 0 radical (unpaired) electrons. The maximum absolute atomic E-state index is 12.0. The van der Waals surface area contributed by atoms with Crippen molar-refractivity contribution in [3.63, 3.8) is 0 Å². The van der Waals surface area contributed by atoms with E-state index in [1.54, 1.807) is 11.8 Å². The number of halogens is 1. The van der Waals surface area contributed by atoms with Gasteiger partial charge >= 0.3 is 0 Å². The number of hydrogen-bond donors (Lipinski definition) is 1. The highest BCUT2D eigenvalue weighted by Gasteiger charge is 2.10. The average molecular weight is 350 g/mol. The summed E-state index contributed by atoms with van der Waals surface area (Å²) in [5, 5.41) is 7.95. The maximum Gasteiger partial charge on any atom is 0.221 e. The van der Waals surface area contributed by atoms with Crippen molar-refractivity contribution >= 4 is 17.5 Å². The Bertz CT molecular complexity index is 725. The van der Waals surface area contributed by atoms with Gasteiger partial charge in [-0.3, -0.25) is 9.48 Å². The highest BCUT2D eigenvalue weighted by molar-refractivity contribution is 6.31.